The molecule has 2 unspecified atom stereocenters. The van der Waals surface area contributed by atoms with Crippen LogP contribution >= 0.6 is 0 Å². The van der Waals surface area contributed by atoms with E-state index in [9.17, 15) is 0 Å². The van der Waals surface area contributed by atoms with Crippen molar-refractivity contribution in [1.82, 2.24) is 4.90 Å². The first-order valence-electron chi connectivity index (χ1n) is 6.09. The standard InChI is InChI=1S/C12H26N2O/c1-4-6-12(2,9-13)10-14-7-5-11(8-14)15-3/h11H,4-10,13H2,1-3H3. The van der Waals surface area contributed by atoms with Crippen LogP contribution in [0.3, 0.4) is 0 Å². The maximum atomic E-state index is 5.88. The van der Waals surface area contributed by atoms with Gasteiger partial charge in [0.2, 0.25) is 0 Å². The Morgan fingerprint density at radius 2 is 2.27 bits per heavy atom. The van der Waals surface area contributed by atoms with E-state index in [2.05, 4.69) is 18.7 Å². The largest absolute Gasteiger partial charge is 0.380 e. The van der Waals surface area contributed by atoms with Crippen molar-refractivity contribution >= 4 is 0 Å². The van der Waals surface area contributed by atoms with Crippen LogP contribution in [0.5, 0.6) is 0 Å². The molecule has 0 bridgehead atoms. The second kappa shape index (κ2) is 5.83. The van der Waals surface area contributed by atoms with Gasteiger partial charge in [0.05, 0.1) is 6.10 Å². The summed E-state index contributed by atoms with van der Waals surface area (Å²) >= 11 is 0. The minimum absolute atomic E-state index is 0.289. The maximum absolute atomic E-state index is 5.88. The third kappa shape index (κ3) is 3.74. The van der Waals surface area contributed by atoms with E-state index in [0.29, 0.717) is 6.10 Å². The van der Waals surface area contributed by atoms with Crippen molar-refractivity contribution in [1.29, 1.82) is 0 Å². The van der Waals surface area contributed by atoms with E-state index in [-0.39, 0.29) is 5.41 Å². The Morgan fingerprint density at radius 3 is 2.73 bits per heavy atom. The third-order valence-corrected chi connectivity index (χ3v) is 3.51. The molecule has 3 nitrogen and oxygen atoms in total. The monoisotopic (exact) mass is 214 g/mol. The van der Waals surface area contributed by atoms with Crippen molar-refractivity contribution in [3.8, 4) is 0 Å². The lowest BCUT2D eigenvalue weighted by molar-refractivity contribution is 0.0986. The highest BCUT2D eigenvalue weighted by atomic mass is 16.5. The lowest BCUT2D eigenvalue weighted by atomic mass is 9.85. The molecule has 1 heterocycles. The van der Waals surface area contributed by atoms with Gasteiger partial charge >= 0.3 is 0 Å². The summed E-state index contributed by atoms with van der Waals surface area (Å²) in [5.41, 5.74) is 6.17. The van der Waals surface area contributed by atoms with Gasteiger partial charge in [0.25, 0.3) is 0 Å². The van der Waals surface area contributed by atoms with Gasteiger partial charge in [0.1, 0.15) is 0 Å². The number of methoxy groups -OCH3 is 1. The average Bonchev–Trinajstić information content (AvgIpc) is 2.66. The van der Waals surface area contributed by atoms with Gasteiger partial charge in [-0.1, -0.05) is 20.3 Å². The molecule has 1 aliphatic heterocycles. The fourth-order valence-corrected chi connectivity index (χ4v) is 2.52. The van der Waals surface area contributed by atoms with Crippen LogP contribution in [0.1, 0.15) is 33.1 Å². The predicted molar refractivity (Wildman–Crippen MR) is 63.9 cm³/mol. The Hall–Kier alpha value is -0.120. The first kappa shape index (κ1) is 12.9. The van der Waals surface area contributed by atoms with Crippen molar-refractivity contribution in [2.75, 3.05) is 33.3 Å². The van der Waals surface area contributed by atoms with Crippen LogP contribution in [0.15, 0.2) is 0 Å². The molecule has 0 amide bonds. The highest BCUT2D eigenvalue weighted by Gasteiger charge is 2.29. The van der Waals surface area contributed by atoms with Gasteiger partial charge in [0, 0.05) is 26.7 Å². The van der Waals surface area contributed by atoms with Crippen molar-refractivity contribution < 1.29 is 4.74 Å². The van der Waals surface area contributed by atoms with E-state index in [1.165, 1.54) is 19.3 Å². The zero-order valence-corrected chi connectivity index (χ0v) is 10.5. The smallest absolute Gasteiger partial charge is 0.0710 e. The van der Waals surface area contributed by atoms with Crippen LogP contribution in [0, 0.1) is 5.41 Å². The summed E-state index contributed by atoms with van der Waals surface area (Å²) < 4.78 is 5.38. The summed E-state index contributed by atoms with van der Waals surface area (Å²) in [5, 5.41) is 0. The van der Waals surface area contributed by atoms with Crippen molar-refractivity contribution in [3.05, 3.63) is 0 Å². The second-order valence-corrected chi connectivity index (χ2v) is 5.15. The molecule has 0 spiro atoms. The van der Waals surface area contributed by atoms with E-state index in [4.69, 9.17) is 10.5 Å². The lowest BCUT2D eigenvalue weighted by Crippen LogP contribution is -2.40. The molecule has 1 fully saturated rings. The molecule has 0 aliphatic carbocycles. The van der Waals surface area contributed by atoms with Gasteiger partial charge in [-0.3, -0.25) is 0 Å². The summed E-state index contributed by atoms with van der Waals surface area (Å²) in [7, 11) is 1.81. The first-order chi connectivity index (χ1) is 7.13. The van der Waals surface area contributed by atoms with Gasteiger partial charge in [-0.25, -0.2) is 0 Å². The van der Waals surface area contributed by atoms with Gasteiger partial charge in [0.15, 0.2) is 0 Å². The van der Waals surface area contributed by atoms with E-state index in [1.54, 1.807) is 0 Å². The quantitative estimate of drug-likeness (QED) is 0.728. The van der Waals surface area contributed by atoms with Crippen molar-refractivity contribution in [2.24, 2.45) is 11.1 Å². The van der Waals surface area contributed by atoms with Gasteiger partial charge in [-0.05, 0) is 24.8 Å². The van der Waals surface area contributed by atoms with Crippen LogP contribution in [-0.2, 0) is 4.74 Å². The molecule has 2 N–H and O–H groups in total. The molecular weight excluding hydrogens is 188 g/mol. The molecule has 0 aromatic heterocycles. The van der Waals surface area contributed by atoms with Gasteiger partial charge in [-0.15, -0.1) is 0 Å². The highest BCUT2D eigenvalue weighted by molar-refractivity contribution is 4.84. The van der Waals surface area contributed by atoms with Crippen molar-refractivity contribution in [3.63, 3.8) is 0 Å². The van der Waals surface area contributed by atoms with Crippen molar-refractivity contribution in [2.45, 2.75) is 39.2 Å². The Kier molecular flexibility index (Phi) is 5.03. The molecule has 1 rings (SSSR count). The summed E-state index contributed by atoms with van der Waals surface area (Å²) in [4.78, 5) is 2.50. The number of hydrogen-bond acceptors (Lipinski definition) is 3. The van der Waals surface area contributed by atoms with Crippen LogP contribution in [0.4, 0.5) is 0 Å². The summed E-state index contributed by atoms with van der Waals surface area (Å²) in [6, 6.07) is 0. The Morgan fingerprint density at radius 1 is 1.53 bits per heavy atom. The molecule has 0 saturated carbocycles. The highest BCUT2D eigenvalue weighted by Crippen LogP contribution is 2.25. The molecular formula is C12H26N2O. The summed E-state index contributed by atoms with van der Waals surface area (Å²) in [6.07, 6.45) is 4.05. The molecule has 15 heavy (non-hydrogen) atoms. The van der Waals surface area contributed by atoms with E-state index >= 15 is 0 Å². The topological polar surface area (TPSA) is 38.5 Å². The molecule has 1 saturated heterocycles. The maximum Gasteiger partial charge on any atom is 0.0710 e. The number of nitrogens with two attached hydrogens (primary N) is 1. The number of rotatable bonds is 6. The number of likely N-dealkylation sites (tertiary alicyclic amines) is 1. The Bertz CT molecular complexity index is 186. The molecule has 90 valence electrons. The minimum atomic E-state index is 0.289. The number of hydrogen-bond donors (Lipinski definition) is 1. The molecule has 0 aromatic carbocycles. The Balaban J connectivity index is 2.39. The van der Waals surface area contributed by atoms with E-state index in [1.807, 2.05) is 7.11 Å². The number of ether oxygens (including phenoxy) is 1. The number of nitrogens with zero attached hydrogens (tertiary/aromatic N) is 1. The van der Waals surface area contributed by atoms with E-state index in [0.717, 1.165) is 26.2 Å². The second-order valence-electron chi connectivity index (χ2n) is 5.15. The molecule has 1 aliphatic rings. The molecule has 0 radical (unpaired) electrons. The average molecular weight is 214 g/mol. The van der Waals surface area contributed by atoms with Gasteiger partial charge < -0.3 is 15.4 Å². The first-order valence-corrected chi connectivity index (χ1v) is 6.09. The molecule has 3 heteroatoms. The van der Waals surface area contributed by atoms with Gasteiger partial charge in [-0.2, -0.15) is 0 Å². The van der Waals surface area contributed by atoms with Crippen LogP contribution in [-0.4, -0.2) is 44.3 Å². The summed E-state index contributed by atoms with van der Waals surface area (Å²) in [6.45, 7) is 8.69. The molecule has 0 aromatic rings. The summed E-state index contributed by atoms with van der Waals surface area (Å²) in [5.74, 6) is 0. The fraction of sp³-hybridized carbons (Fsp3) is 1.00. The normalized spacial score (nSPS) is 26.8. The Labute approximate surface area is 94.0 Å². The van der Waals surface area contributed by atoms with Crippen LogP contribution < -0.4 is 5.73 Å². The predicted octanol–water partition coefficient (Wildman–Crippen LogP) is 1.47. The zero-order valence-electron chi connectivity index (χ0n) is 10.5. The molecule has 2 atom stereocenters. The minimum Gasteiger partial charge on any atom is -0.380 e. The third-order valence-electron chi connectivity index (χ3n) is 3.51. The lowest BCUT2D eigenvalue weighted by Gasteiger charge is -2.32. The van der Waals surface area contributed by atoms with E-state index < -0.39 is 0 Å². The van der Waals surface area contributed by atoms with Crippen LogP contribution in [0.25, 0.3) is 0 Å². The fourth-order valence-electron chi connectivity index (χ4n) is 2.52. The SMILES string of the molecule is CCCC(C)(CN)CN1CCC(OC)C1. The van der Waals surface area contributed by atoms with Crippen LogP contribution in [0.2, 0.25) is 0 Å². The zero-order chi connectivity index (χ0) is 11.3.